The lowest BCUT2D eigenvalue weighted by Gasteiger charge is -2.03. The highest BCUT2D eigenvalue weighted by molar-refractivity contribution is 5.94. The van der Waals surface area contributed by atoms with E-state index in [2.05, 4.69) is 33.5 Å². The van der Waals surface area contributed by atoms with Crippen LogP contribution in [0.5, 0.6) is 0 Å². The predicted molar refractivity (Wildman–Crippen MR) is 66.6 cm³/mol. The van der Waals surface area contributed by atoms with Crippen molar-refractivity contribution < 1.29 is 0 Å². The molecule has 0 unspecified atom stereocenters. The lowest BCUT2D eigenvalue weighted by atomic mass is 10.1. The van der Waals surface area contributed by atoms with Crippen molar-refractivity contribution in [3.05, 3.63) is 42.6 Å². The number of fused-ring (bicyclic) bond motifs is 2. The van der Waals surface area contributed by atoms with Gasteiger partial charge in [0.15, 0.2) is 0 Å². The quantitative estimate of drug-likeness (QED) is 0.626. The maximum absolute atomic E-state index is 4.49. The number of benzene rings is 1. The van der Waals surface area contributed by atoms with Crippen LogP contribution in [0.3, 0.4) is 0 Å². The summed E-state index contributed by atoms with van der Waals surface area (Å²) >= 11 is 0. The van der Waals surface area contributed by atoms with Crippen molar-refractivity contribution in [2.45, 2.75) is 0 Å². The number of rotatable bonds is 1. The van der Waals surface area contributed by atoms with Gasteiger partial charge in [0.05, 0.1) is 11.0 Å². The smallest absolute Gasteiger partial charge is 0.126 e. The molecule has 1 N–H and O–H groups in total. The van der Waals surface area contributed by atoms with Crippen LogP contribution in [0.4, 0.5) is 5.82 Å². The first-order valence-corrected chi connectivity index (χ1v) is 5.20. The summed E-state index contributed by atoms with van der Waals surface area (Å²) < 4.78 is 0. The second kappa shape index (κ2) is 3.45. The van der Waals surface area contributed by atoms with Crippen LogP contribution in [0, 0.1) is 0 Å². The van der Waals surface area contributed by atoms with E-state index in [1.165, 1.54) is 0 Å². The van der Waals surface area contributed by atoms with Crippen molar-refractivity contribution in [1.29, 1.82) is 0 Å². The summed E-state index contributed by atoms with van der Waals surface area (Å²) in [4.78, 5) is 8.82. The molecule has 1 aromatic carbocycles. The maximum Gasteiger partial charge on any atom is 0.126 e. The fourth-order valence-electron chi connectivity index (χ4n) is 1.83. The molecule has 0 aliphatic heterocycles. The first kappa shape index (κ1) is 9.09. The predicted octanol–water partition coefficient (Wildman–Crippen LogP) is 2.82. The zero-order chi connectivity index (χ0) is 11.0. The normalized spacial score (nSPS) is 10.8. The molecule has 3 rings (SSSR count). The van der Waals surface area contributed by atoms with Crippen molar-refractivity contribution in [3.8, 4) is 0 Å². The van der Waals surface area contributed by atoms with Crippen molar-refractivity contribution >= 4 is 27.6 Å². The summed E-state index contributed by atoms with van der Waals surface area (Å²) in [6.45, 7) is 0. The average Bonchev–Trinajstić information content (AvgIpc) is 2.35. The molecule has 3 heteroatoms. The number of hydrogen-bond donors (Lipinski definition) is 1. The van der Waals surface area contributed by atoms with E-state index in [-0.39, 0.29) is 0 Å². The molecule has 0 saturated heterocycles. The van der Waals surface area contributed by atoms with E-state index in [9.17, 15) is 0 Å². The lowest BCUT2D eigenvalue weighted by molar-refractivity contribution is 1.34. The molecular weight excluding hydrogens is 198 g/mol. The van der Waals surface area contributed by atoms with Gasteiger partial charge in [-0.1, -0.05) is 6.07 Å². The van der Waals surface area contributed by atoms with Crippen molar-refractivity contribution in [1.82, 2.24) is 9.97 Å². The molecule has 16 heavy (non-hydrogen) atoms. The van der Waals surface area contributed by atoms with Gasteiger partial charge in [-0.3, -0.25) is 4.98 Å². The van der Waals surface area contributed by atoms with Gasteiger partial charge in [-0.15, -0.1) is 0 Å². The van der Waals surface area contributed by atoms with Gasteiger partial charge in [-0.2, -0.15) is 0 Å². The van der Waals surface area contributed by atoms with Crippen LogP contribution in [0.15, 0.2) is 42.6 Å². The van der Waals surface area contributed by atoms with Gasteiger partial charge in [-0.25, -0.2) is 4.98 Å². The molecule has 78 valence electrons. The summed E-state index contributed by atoms with van der Waals surface area (Å²) in [5, 5.41) is 5.32. The van der Waals surface area contributed by atoms with Crippen LogP contribution in [0.1, 0.15) is 0 Å². The van der Waals surface area contributed by atoms with E-state index in [1.54, 1.807) is 6.20 Å². The molecule has 0 amide bonds. The van der Waals surface area contributed by atoms with Crippen molar-refractivity contribution in [3.63, 3.8) is 0 Å². The number of nitrogens with one attached hydrogen (secondary N) is 1. The van der Waals surface area contributed by atoms with Crippen LogP contribution >= 0.6 is 0 Å². The second-order valence-electron chi connectivity index (χ2n) is 3.69. The summed E-state index contributed by atoms with van der Waals surface area (Å²) in [5.41, 5.74) is 1.95. The van der Waals surface area contributed by atoms with Crippen molar-refractivity contribution in [2.75, 3.05) is 12.4 Å². The Balaban J connectivity index is 2.37. The standard InChI is InChI=1S/C13H11N3/c1-14-13-5-4-10-7-9-3-2-6-15-11(9)8-12(10)16-13/h2-8H,1H3,(H,14,16). The van der Waals surface area contributed by atoms with Gasteiger partial charge in [0, 0.05) is 24.0 Å². The van der Waals surface area contributed by atoms with E-state index in [0.717, 1.165) is 27.6 Å². The first-order chi connectivity index (χ1) is 7.86. The minimum absolute atomic E-state index is 0.878. The van der Waals surface area contributed by atoms with Crippen LogP contribution in [-0.4, -0.2) is 17.0 Å². The minimum atomic E-state index is 0.878. The number of nitrogens with zero attached hydrogens (tertiary/aromatic N) is 2. The van der Waals surface area contributed by atoms with E-state index < -0.39 is 0 Å². The summed E-state index contributed by atoms with van der Waals surface area (Å²) in [5.74, 6) is 0.878. The molecule has 0 atom stereocenters. The number of aromatic nitrogens is 2. The highest BCUT2D eigenvalue weighted by Crippen LogP contribution is 2.21. The molecule has 0 spiro atoms. The molecule has 0 radical (unpaired) electrons. The Morgan fingerprint density at radius 1 is 1.00 bits per heavy atom. The van der Waals surface area contributed by atoms with E-state index in [0.29, 0.717) is 0 Å². The molecule has 2 heterocycles. The van der Waals surface area contributed by atoms with Gasteiger partial charge in [-0.05, 0) is 30.3 Å². The van der Waals surface area contributed by atoms with Gasteiger partial charge >= 0.3 is 0 Å². The Kier molecular flexibility index (Phi) is 1.96. The number of hydrogen-bond acceptors (Lipinski definition) is 3. The topological polar surface area (TPSA) is 37.8 Å². The Labute approximate surface area is 93.1 Å². The molecular formula is C13H11N3. The molecule has 0 bridgehead atoms. The molecule has 3 nitrogen and oxygen atoms in total. The Morgan fingerprint density at radius 3 is 2.75 bits per heavy atom. The van der Waals surface area contributed by atoms with Gasteiger partial charge in [0.2, 0.25) is 0 Å². The number of pyridine rings is 2. The van der Waals surface area contributed by atoms with Crippen LogP contribution in [0.25, 0.3) is 21.8 Å². The van der Waals surface area contributed by atoms with E-state index in [4.69, 9.17) is 0 Å². The maximum atomic E-state index is 4.49. The second-order valence-corrected chi connectivity index (χ2v) is 3.69. The van der Waals surface area contributed by atoms with Gasteiger partial charge < -0.3 is 5.32 Å². The summed E-state index contributed by atoms with van der Waals surface area (Å²) in [6, 6.07) is 12.2. The Hall–Kier alpha value is -2.16. The van der Waals surface area contributed by atoms with Crippen LogP contribution in [0.2, 0.25) is 0 Å². The van der Waals surface area contributed by atoms with E-state index >= 15 is 0 Å². The van der Waals surface area contributed by atoms with Gasteiger partial charge in [0.1, 0.15) is 5.82 Å². The van der Waals surface area contributed by atoms with Crippen LogP contribution < -0.4 is 5.32 Å². The summed E-state index contributed by atoms with van der Waals surface area (Å²) in [7, 11) is 1.87. The molecule has 0 saturated carbocycles. The van der Waals surface area contributed by atoms with Crippen molar-refractivity contribution in [2.24, 2.45) is 0 Å². The monoisotopic (exact) mass is 209 g/mol. The molecule has 0 fully saturated rings. The molecule has 3 aromatic rings. The molecule has 0 aliphatic rings. The fourth-order valence-corrected chi connectivity index (χ4v) is 1.83. The largest absolute Gasteiger partial charge is 0.373 e. The average molecular weight is 209 g/mol. The zero-order valence-electron chi connectivity index (χ0n) is 8.94. The SMILES string of the molecule is CNc1ccc2cc3cccnc3cc2n1. The molecule has 0 aliphatic carbocycles. The minimum Gasteiger partial charge on any atom is -0.373 e. The number of anilines is 1. The third-order valence-electron chi connectivity index (χ3n) is 2.67. The zero-order valence-corrected chi connectivity index (χ0v) is 8.94. The summed E-state index contributed by atoms with van der Waals surface area (Å²) in [6.07, 6.45) is 1.80. The van der Waals surface area contributed by atoms with Crippen LogP contribution in [-0.2, 0) is 0 Å². The highest BCUT2D eigenvalue weighted by atomic mass is 15.0. The van der Waals surface area contributed by atoms with E-state index in [1.807, 2.05) is 25.2 Å². The molecule has 2 aromatic heterocycles. The lowest BCUT2D eigenvalue weighted by Crippen LogP contribution is -1.92. The Morgan fingerprint density at radius 2 is 1.88 bits per heavy atom. The van der Waals surface area contributed by atoms with Gasteiger partial charge in [0.25, 0.3) is 0 Å². The third-order valence-corrected chi connectivity index (χ3v) is 2.67. The first-order valence-electron chi connectivity index (χ1n) is 5.20. The third kappa shape index (κ3) is 1.37. The Bertz CT molecular complexity index is 661. The fraction of sp³-hybridized carbons (Fsp3) is 0.0769. The highest BCUT2D eigenvalue weighted by Gasteiger charge is 2.00.